The lowest BCUT2D eigenvalue weighted by Crippen LogP contribution is -2.39. The third-order valence-corrected chi connectivity index (χ3v) is 8.93. The fourth-order valence-corrected chi connectivity index (χ4v) is 6.62. The van der Waals surface area contributed by atoms with E-state index in [1.54, 1.807) is 0 Å². The minimum absolute atomic E-state index is 0.0269. The number of hydrogen-bond acceptors (Lipinski definition) is 3. The smallest absolute Gasteiger partial charge is 0.268 e. The molecule has 6 nitrogen and oxygen atoms in total. The molecule has 1 aliphatic heterocycles. The fraction of sp³-hybridized carbons (Fsp3) is 0.588. The Bertz CT molecular complexity index is 1310. The van der Waals surface area contributed by atoms with E-state index in [2.05, 4.69) is 91.7 Å². The number of nitrogens with one attached hydrogen (secondary N) is 1. The van der Waals surface area contributed by atoms with Gasteiger partial charge in [-0.15, -0.1) is 0 Å². The fourth-order valence-electron chi connectivity index (χ4n) is 6.62. The Morgan fingerprint density at radius 3 is 2.42 bits per heavy atom. The van der Waals surface area contributed by atoms with Gasteiger partial charge in [0.15, 0.2) is 0 Å². The van der Waals surface area contributed by atoms with E-state index in [4.69, 9.17) is 4.74 Å². The molecule has 1 saturated carbocycles. The number of carbonyl (C=O) groups is 1. The molecular weight excluding hydrogens is 496 g/mol. The van der Waals surface area contributed by atoms with Crippen LogP contribution in [0, 0.1) is 5.92 Å². The first-order valence-electron chi connectivity index (χ1n) is 15.4. The van der Waals surface area contributed by atoms with Gasteiger partial charge in [-0.25, -0.2) is 0 Å². The van der Waals surface area contributed by atoms with Crippen molar-refractivity contribution in [2.24, 2.45) is 13.0 Å². The van der Waals surface area contributed by atoms with Gasteiger partial charge in [0.2, 0.25) is 0 Å². The van der Waals surface area contributed by atoms with E-state index in [1.165, 1.54) is 60.1 Å². The van der Waals surface area contributed by atoms with Crippen molar-refractivity contribution in [1.82, 2.24) is 19.7 Å². The molecular formula is C34H48N4O2. The molecule has 3 heterocycles. The first-order chi connectivity index (χ1) is 19.1. The quantitative estimate of drug-likeness (QED) is 0.336. The highest BCUT2D eigenvalue weighted by Gasteiger charge is 2.27. The van der Waals surface area contributed by atoms with Gasteiger partial charge in [0, 0.05) is 55.4 Å². The third-order valence-electron chi connectivity index (χ3n) is 8.93. The molecule has 1 N–H and O–H groups in total. The van der Waals surface area contributed by atoms with Gasteiger partial charge in [-0.1, -0.05) is 65.0 Å². The van der Waals surface area contributed by atoms with Crippen molar-refractivity contribution < 1.29 is 9.53 Å². The van der Waals surface area contributed by atoms with Crippen LogP contribution in [0.25, 0.3) is 22.4 Å². The van der Waals surface area contributed by atoms with Crippen LogP contribution < -0.4 is 5.32 Å². The summed E-state index contributed by atoms with van der Waals surface area (Å²) in [6.07, 6.45) is 11.2. The summed E-state index contributed by atoms with van der Waals surface area (Å²) in [5.41, 5.74) is 8.04. The maximum absolute atomic E-state index is 13.6. The van der Waals surface area contributed by atoms with Crippen molar-refractivity contribution in [3.8, 4) is 22.4 Å². The maximum atomic E-state index is 13.6. The summed E-state index contributed by atoms with van der Waals surface area (Å²) in [6, 6.07) is 11.6. The molecule has 1 aromatic carbocycles. The van der Waals surface area contributed by atoms with Crippen molar-refractivity contribution in [1.29, 1.82) is 0 Å². The number of benzene rings is 1. The standard InChI is InChI=1S/C34H48N4O2/c1-23(2)38-30(14-17-35-38)27-13-12-25(21-29(27)34(3,4)5)28-22-32(33(39)36-26-15-18-40-19-16-26)37(6)31(28)20-24-10-8-7-9-11-24/h12-14,17,21-24,26H,7-11,15-16,18-20H2,1-6H3,(H,36,39). The Balaban J connectivity index is 1.57. The van der Waals surface area contributed by atoms with Crippen LogP contribution in [0.3, 0.4) is 0 Å². The SMILES string of the molecule is CC(C)n1nccc1-c1ccc(-c2cc(C(=O)NC3CCOCC3)n(C)c2CC2CCCCC2)cc1C(C)(C)C. The number of aromatic nitrogens is 3. The van der Waals surface area contributed by atoms with E-state index in [9.17, 15) is 4.79 Å². The minimum Gasteiger partial charge on any atom is -0.381 e. The van der Waals surface area contributed by atoms with Crippen LogP contribution in [-0.2, 0) is 23.6 Å². The van der Waals surface area contributed by atoms with Gasteiger partial charge >= 0.3 is 0 Å². The average Bonchev–Trinajstić information content (AvgIpc) is 3.55. The molecule has 2 fully saturated rings. The van der Waals surface area contributed by atoms with Gasteiger partial charge in [-0.05, 0) is 73.8 Å². The Labute approximate surface area is 240 Å². The van der Waals surface area contributed by atoms with Gasteiger partial charge in [0.1, 0.15) is 5.69 Å². The largest absolute Gasteiger partial charge is 0.381 e. The summed E-state index contributed by atoms with van der Waals surface area (Å²) >= 11 is 0. The van der Waals surface area contributed by atoms with E-state index in [-0.39, 0.29) is 23.4 Å². The van der Waals surface area contributed by atoms with Crippen LogP contribution in [0.4, 0.5) is 0 Å². The number of hydrogen-bond donors (Lipinski definition) is 1. The molecule has 216 valence electrons. The van der Waals surface area contributed by atoms with Gasteiger partial charge in [0.05, 0.1) is 5.69 Å². The molecule has 3 aromatic rings. The zero-order valence-electron chi connectivity index (χ0n) is 25.4. The third kappa shape index (κ3) is 6.07. The van der Waals surface area contributed by atoms with Crippen LogP contribution >= 0.6 is 0 Å². The predicted octanol–water partition coefficient (Wildman–Crippen LogP) is 7.47. The van der Waals surface area contributed by atoms with Crippen molar-refractivity contribution in [2.45, 2.75) is 103 Å². The molecule has 2 aromatic heterocycles. The Morgan fingerprint density at radius 2 is 1.75 bits per heavy atom. The normalized spacial score (nSPS) is 17.5. The van der Waals surface area contributed by atoms with E-state index in [0.29, 0.717) is 19.1 Å². The van der Waals surface area contributed by atoms with E-state index >= 15 is 0 Å². The minimum atomic E-state index is -0.0566. The van der Waals surface area contributed by atoms with Crippen LogP contribution in [0.1, 0.15) is 107 Å². The van der Waals surface area contributed by atoms with Gasteiger partial charge in [-0.3, -0.25) is 9.48 Å². The summed E-state index contributed by atoms with van der Waals surface area (Å²) < 4.78 is 9.80. The topological polar surface area (TPSA) is 61.1 Å². The van der Waals surface area contributed by atoms with Crippen LogP contribution in [0.15, 0.2) is 36.5 Å². The molecule has 2 aliphatic rings. The molecule has 0 unspecified atom stereocenters. The van der Waals surface area contributed by atoms with Crippen molar-refractivity contribution in [2.75, 3.05) is 13.2 Å². The summed E-state index contributed by atoms with van der Waals surface area (Å²) in [5, 5.41) is 7.92. The molecule has 0 spiro atoms. The van der Waals surface area contributed by atoms with Crippen molar-refractivity contribution in [3.05, 3.63) is 53.5 Å². The highest BCUT2D eigenvalue weighted by Crippen LogP contribution is 2.39. The van der Waals surface area contributed by atoms with Crippen molar-refractivity contribution >= 4 is 5.91 Å². The zero-order chi connectivity index (χ0) is 28.4. The van der Waals surface area contributed by atoms with Crippen LogP contribution in [0.2, 0.25) is 0 Å². The average molecular weight is 545 g/mol. The Hall–Kier alpha value is -2.86. The summed E-state index contributed by atoms with van der Waals surface area (Å²) in [6.45, 7) is 12.6. The van der Waals surface area contributed by atoms with Crippen LogP contribution in [-0.4, -0.2) is 39.5 Å². The second-order valence-corrected chi connectivity index (χ2v) is 13.3. The molecule has 0 radical (unpaired) electrons. The predicted molar refractivity (Wildman–Crippen MR) is 163 cm³/mol. The monoisotopic (exact) mass is 544 g/mol. The van der Waals surface area contributed by atoms with Crippen molar-refractivity contribution in [3.63, 3.8) is 0 Å². The first-order valence-corrected chi connectivity index (χ1v) is 15.4. The van der Waals surface area contributed by atoms with E-state index in [1.807, 2.05) is 6.20 Å². The number of carbonyl (C=O) groups excluding carboxylic acids is 1. The number of ether oxygens (including phenoxy) is 1. The molecule has 40 heavy (non-hydrogen) atoms. The lowest BCUT2D eigenvalue weighted by Gasteiger charge is -2.26. The highest BCUT2D eigenvalue weighted by molar-refractivity contribution is 5.95. The molecule has 6 heteroatoms. The highest BCUT2D eigenvalue weighted by atomic mass is 16.5. The second kappa shape index (κ2) is 11.9. The molecule has 0 bridgehead atoms. The van der Waals surface area contributed by atoms with Gasteiger partial charge in [0.25, 0.3) is 5.91 Å². The molecule has 5 rings (SSSR count). The number of nitrogens with zero attached hydrogens (tertiary/aromatic N) is 3. The zero-order valence-corrected chi connectivity index (χ0v) is 25.4. The van der Waals surface area contributed by atoms with Crippen LogP contribution in [0.5, 0.6) is 0 Å². The molecule has 0 atom stereocenters. The Kier molecular flexibility index (Phi) is 8.55. The van der Waals surface area contributed by atoms with E-state index in [0.717, 1.165) is 30.7 Å². The summed E-state index contributed by atoms with van der Waals surface area (Å²) in [4.78, 5) is 13.6. The van der Waals surface area contributed by atoms with Gasteiger partial charge in [-0.2, -0.15) is 5.10 Å². The lowest BCUT2D eigenvalue weighted by molar-refractivity contribution is 0.0692. The Morgan fingerprint density at radius 1 is 1.02 bits per heavy atom. The molecule has 1 amide bonds. The number of amides is 1. The molecule has 1 saturated heterocycles. The molecule has 1 aliphatic carbocycles. The first kappa shape index (κ1) is 28.7. The van der Waals surface area contributed by atoms with E-state index < -0.39 is 0 Å². The maximum Gasteiger partial charge on any atom is 0.268 e. The summed E-state index contributed by atoms with van der Waals surface area (Å²) in [5.74, 6) is 0.702. The lowest BCUT2D eigenvalue weighted by atomic mass is 9.80. The second-order valence-electron chi connectivity index (χ2n) is 13.3. The summed E-state index contributed by atoms with van der Waals surface area (Å²) in [7, 11) is 2.08. The van der Waals surface area contributed by atoms with Gasteiger partial charge < -0.3 is 14.6 Å². The number of rotatable bonds is 7.